The van der Waals surface area contributed by atoms with Crippen LogP contribution in [0.4, 0.5) is 4.39 Å². The van der Waals surface area contributed by atoms with Gasteiger partial charge in [0.15, 0.2) is 0 Å². The van der Waals surface area contributed by atoms with Crippen LogP contribution in [0, 0.1) is 11.7 Å². The Balaban J connectivity index is 2.16. The van der Waals surface area contributed by atoms with Crippen LogP contribution in [0.2, 0.25) is 5.02 Å². The first-order chi connectivity index (χ1) is 13.4. The molecule has 1 saturated heterocycles. The minimum Gasteiger partial charge on any atom is -0.496 e. The van der Waals surface area contributed by atoms with E-state index < -0.39 is 23.7 Å². The van der Waals surface area contributed by atoms with Crippen molar-refractivity contribution in [2.75, 3.05) is 27.3 Å². The minimum atomic E-state index is -0.826. The van der Waals surface area contributed by atoms with Gasteiger partial charge in [-0.15, -0.1) is 0 Å². The van der Waals surface area contributed by atoms with Crippen molar-refractivity contribution in [3.05, 3.63) is 58.4 Å². The molecule has 2 aromatic rings. The van der Waals surface area contributed by atoms with Crippen molar-refractivity contribution in [1.29, 1.82) is 0 Å². The van der Waals surface area contributed by atoms with Crippen LogP contribution in [0.15, 0.2) is 36.4 Å². The van der Waals surface area contributed by atoms with Crippen molar-refractivity contribution >= 4 is 17.6 Å². The molecule has 2 aromatic carbocycles. The molecule has 0 spiro atoms. The van der Waals surface area contributed by atoms with Crippen molar-refractivity contribution in [1.82, 2.24) is 4.90 Å². The van der Waals surface area contributed by atoms with Gasteiger partial charge in [-0.05, 0) is 55.8 Å². The second-order valence-electron chi connectivity index (χ2n) is 6.85. The van der Waals surface area contributed by atoms with Gasteiger partial charge >= 0.3 is 5.97 Å². The van der Waals surface area contributed by atoms with Crippen LogP contribution in [0.1, 0.15) is 30.0 Å². The Labute approximate surface area is 168 Å². The summed E-state index contributed by atoms with van der Waals surface area (Å²) >= 11 is 6.25. The summed E-state index contributed by atoms with van der Waals surface area (Å²) in [5.41, 5.74) is 1.35. The van der Waals surface area contributed by atoms with E-state index in [1.54, 1.807) is 31.4 Å². The molecule has 0 amide bonds. The third-order valence-corrected chi connectivity index (χ3v) is 5.37. The standard InChI is InChI=1S/C21H23ClFNO4/c1-27-18-7-5-14(22)10-16(18)20(17-11-15(23)6-8-19(17)28-2)24-9-3-4-13(12-24)21(25)26/h5-8,10-11,13,20H,3-4,9,12H2,1-2H3,(H,25,26). The summed E-state index contributed by atoms with van der Waals surface area (Å²) < 4.78 is 25.2. The number of ether oxygens (including phenoxy) is 2. The van der Waals surface area contributed by atoms with Gasteiger partial charge in [0.05, 0.1) is 26.2 Å². The van der Waals surface area contributed by atoms with Gasteiger partial charge in [0.25, 0.3) is 0 Å². The average Bonchev–Trinajstić information content (AvgIpc) is 2.69. The van der Waals surface area contributed by atoms with E-state index in [0.29, 0.717) is 41.6 Å². The average molecular weight is 408 g/mol. The number of benzene rings is 2. The van der Waals surface area contributed by atoms with Crippen molar-refractivity contribution in [3.8, 4) is 11.5 Å². The van der Waals surface area contributed by atoms with Gasteiger partial charge in [0, 0.05) is 22.7 Å². The molecule has 5 nitrogen and oxygen atoms in total. The number of carboxylic acids is 1. The number of rotatable bonds is 6. The third-order valence-electron chi connectivity index (χ3n) is 5.14. The molecule has 1 N–H and O–H groups in total. The van der Waals surface area contributed by atoms with E-state index in [1.165, 1.54) is 19.2 Å². The van der Waals surface area contributed by atoms with E-state index >= 15 is 0 Å². The quantitative estimate of drug-likeness (QED) is 0.769. The van der Waals surface area contributed by atoms with E-state index in [2.05, 4.69) is 0 Å². The summed E-state index contributed by atoms with van der Waals surface area (Å²) in [6.07, 6.45) is 1.35. The highest BCUT2D eigenvalue weighted by Crippen LogP contribution is 2.41. The van der Waals surface area contributed by atoms with Crippen LogP contribution in [-0.4, -0.2) is 43.3 Å². The molecule has 3 rings (SSSR count). The number of aliphatic carboxylic acids is 1. The third kappa shape index (κ3) is 4.23. The Hall–Kier alpha value is -2.31. The Morgan fingerprint density at radius 3 is 2.46 bits per heavy atom. The Morgan fingerprint density at radius 1 is 1.18 bits per heavy atom. The number of nitrogens with zero attached hydrogens (tertiary/aromatic N) is 1. The number of carboxylic acid groups (broad SMARTS) is 1. The zero-order chi connectivity index (χ0) is 20.3. The second kappa shape index (κ2) is 8.80. The van der Waals surface area contributed by atoms with Crippen molar-refractivity contribution in [3.63, 3.8) is 0 Å². The number of likely N-dealkylation sites (tertiary alicyclic amines) is 1. The zero-order valence-corrected chi connectivity index (χ0v) is 16.6. The molecule has 0 radical (unpaired) electrons. The molecule has 7 heteroatoms. The highest BCUT2D eigenvalue weighted by atomic mass is 35.5. The van der Waals surface area contributed by atoms with E-state index in [0.717, 1.165) is 12.0 Å². The molecule has 28 heavy (non-hydrogen) atoms. The smallest absolute Gasteiger partial charge is 0.307 e. The SMILES string of the molecule is COc1ccc(F)cc1C(c1cc(Cl)ccc1OC)N1CCCC(C(=O)O)C1. The lowest BCUT2D eigenvalue weighted by molar-refractivity contribution is -0.143. The molecule has 0 aromatic heterocycles. The van der Waals surface area contributed by atoms with Gasteiger partial charge in [-0.25, -0.2) is 4.39 Å². The molecule has 0 aliphatic carbocycles. The Bertz CT molecular complexity index is 807. The molecule has 0 saturated carbocycles. The van der Waals surface area contributed by atoms with Gasteiger partial charge in [0.1, 0.15) is 17.3 Å². The highest BCUT2D eigenvalue weighted by Gasteiger charge is 2.34. The van der Waals surface area contributed by atoms with Crippen molar-refractivity contribution < 1.29 is 23.8 Å². The fourth-order valence-electron chi connectivity index (χ4n) is 3.84. The number of halogens is 2. The number of piperidine rings is 1. The topological polar surface area (TPSA) is 59.0 Å². The highest BCUT2D eigenvalue weighted by molar-refractivity contribution is 6.30. The molecular formula is C21H23ClFNO4. The fourth-order valence-corrected chi connectivity index (χ4v) is 4.02. The van der Waals surface area contributed by atoms with Gasteiger partial charge in [0.2, 0.25) is 0 Å². The summed E-state index contributed by atoms with van der Waals surface area (Å²) in [6, 6.07) is 9.14. The largest absolute Gasteiger partial charge is 0.496 e. The van der Waals surface area contributed by atoms with Crippen LogP contribution in [-0.2, 0) is 4.79 Å². The van der Waals surface area contributed by atoms with Crippen LogP contribution < -0.4 is 9.47 Å². The van der Waals surface area contributed by atoms with E-state index in [-0.39, 0.29) is 0 Å². The number of hydrogen-bond acceptors (Lipinski definition) is 4. The maximum Gasteiger partial charge on any atom is 0.307 e. The van der Waals surface area contributed by atoms with Gasteiger partial charge in [-0.1, -0.05) is 11.6 Å². The summed E-state index contributed by atoms with van der Waals surface area (Å²) in [6.45, 7) is 1.01. The lowest BCUT2D eigenvalue weighted by Crippen LogP contribution is -2.41. The van der Waals surface area contributed by atoms with E-state index in [4.69, 9.17) is 21.1 Å². The van der Waals surface area contributed by atoms with E-state index in [9.17, 15) is 14.3 Å². The maximum absolute atomic E-state index is 14.2. The zero-order valence-electron chi connectivity index (χ0n) is 15.8. The van der Waals surface area contributed by atoms with Gasteiger partial charge in [-0.2, -0.15) is 0 Å². The fraction of sp³-hybridized carbons (Fsp3) is 0.381. The molecule has 1 aliphatic heterocycles. The van der Waals surface area contributed by atoms with Crippen LogP contribution in [0.3, 0.4) is 0 Å². The second-order valence-corrected chi connectivity index (χ2v) is 7.28. The predicted molar refractivity (Wildman–Crippen MR) is 105 cm³/mol. The van der Waals surface area contributed by atoms with Crippen LogP contribution in [0.25, 0.3) is 0 Å². The first kappa shape index (κ1) is 20.4. The first-order valence-electron chi connectivity index (χ1n) is 9.08. The predicted octanol–water partition coefficient (Wildman–Crippen LogP) is 4.38. The first-order valence-corrected chi connectivity index (χ1v) is 9.46. The maximum atomic E-state index is 14.2. The molecule has 2 unspecified atom stereocenters. The van der Waals surface area contributed by atoms with E-state index in [1.807, 2.05) is 4.90 Å². The van der Waals surface area contributed by atoms with Gasteiger partial charge < -0.3 is 14.6 Å². The molecule has 150 valence electrons. The minimum absolute atomic E-state index is 0.343. The summed E-state index contributed by atoms with van der Waals surface area (Å²) in [5, 5.41) is 10.0. The summed E-state index contributed by atoms with van der Waals surface area (Å²) in [5.74, 6) is -0.591. The normalized spacial score (nSPS) is 18.5. The molecule has 2 atom stereocenters. The van der Waals surface area contributed by atoms with Crippen molar-refractivity contribution in [2.45, 2.75) is 18.9 Å². The summed E-state index contributed by atoms with van der Waals surface area (Å²) in [4.78, 5) is 13.6. The molecule has 0 bridgehead atoms. The number of methoxy groups -OCH3 is 2. The molecule has 1 aliphatic rings. The van der Waals surface area contributed by atoms with Crippen LogP contribution >= 0.6 is 11.6 Å². The number of carbonyl (C=O) groups is 1. The van der Waals surface area contributed by atoms with Gasteiger partial charge in [-0.3, -0.25) is 9.69 Å². The molecule has 1 heterocycles. The monoisotopic (exact) mass is 407 g/mol. The Morgan fingerprint density at radius 2 is 1.82 bits per heavy atom. The summed E-state index contributed by atoms with van der Waals surface area (Å²) in [7, 11) is 3.09. The Kier molecular flexibility index (Phi) is 6.42. The number of hydrogen-bond donors (Lipinski definition) is 1. The lowest BCUT2D eigenvalue weighted by Gasteiger charge is -2.38. The van der Waals surface area contributed by atoms with Crippen molar-refractivity contribution in [2.24, 2.45) is 5.92 Å². The van der Waals surface area contributed by atoms with Crippen LogP contribution in [0.5, 0.6) is 11.5 Å². The molecular weight excluding hydrogens is 385 g/mol. The lowest BCUT2D eigenvalue weighted by atomic mass is 9.90. The molecule has 1 fully saturated rings.